The first-order chi connectivity index (χ1) is 7.70. The van der Waals surface area contributed by atoms with E-state index >= 15 is 0 Å². The fourth-order valence-electron chi connectivity index (χ4n) is 1.18. The second kappa shape index (κ2) is 4.80. The van der Waals surface area contributed by atoms with Gasteiger partial charge in [0, 0.05) is 19.5 Å². The Kier molecular flexibility index (Phi) is 3.84. The summed E-state index contributed by atoms with van der Waals surface area (Å²) in [6.07, 6.45) is 0. The number of thiophene rings is 1. The van der Waals surface area contributed by atoms with E-state index in [2.05, 4.69) is 11.8 Å². The van der Waals surface area contributed by atoms with Crippen molar-refractivity contribution in [2.75, 3.05) is 19.0 Å². The summed E-state index contributed by atoms with van der Waals surface area (Å²) < 4.78 is 0. The summed E-state index contributed by atoms with van der Waals surface area (Å²) in [5, 5.41) is 9.09. The minimum absolute atomic E-state index is 0.0777. The number of hydrogen-bond donors (Lipinski definition) is 1. The van der Waals surface area contributed by atoms with Crippen LogP contribution < -0.4 is 4.90 Å². The zero-order valence-electron chi connectivity index (χ0n) is 10.8. The molecule has 0 saturated heterocycles. The highest BCUT2D eigenvalue weighted by Crippen LogP contribution is 2.29. The second-order valence-electron chi connectivity index (χ2n) is 5.02. The Labute approximate surface area is 106 Å². The van der Waals surface area contributed by atoms with E-state index in [0.29, 0.717) is 10.6 Å². The molecule has 3 nitrogen and oxygen atoms in total. The van der Waals surface area contributed by atoms with Crippen LogP contribution in [0.2, 0.25) is 0 Å². The third-order valence-electron chi connectivity index (χ3n) is 1.95. The van der Waals surface area contributed by atoms with Crippen LogP contribution in [-0.4, -0.2) is 25.2 Å². The summed E-state index contributed by atoms with van der Waals surface area (Å²) in [4.78, 5) is 14.0. The Morgan fingerprint density at radius 1 is 1.41 bits per heavy atom. The summed E-state index contributed by atoms with van der Waals surface area (Å²) in [7, 11) is 3.66. The summed E-state index contributed by atoms with van der Waals surface area (Å²) in [6, 6.07) is 1.83. The molecule has 1 aromatic rings. The van der Waals surface area contributed by atoms with Crippen molar-refractivity contribution in [3.63, 3.8) is 0 Å². The molecule has 1 N–H and O–H groups in total. The molecule has 0 amide bonds. The monoisotopic (exact) mass is 251 g/mol. The molecule has 0 aromatic carbocycles. The van der Waals surface area contributed by atoms with Gasteiger partial charge in [-0.15, -0.1) is 11.3 Å². The molecule has 0 spiro atoms. The van der Waals surface area contributed by atoms with Gasteiger partial charge in [0.05, 0.1) is 10.6 Å². The number of carbonyl (C=O) groups is 1. The molecule has 0 aliphatic carbocycles. The first kappa shape index (κ1) is 13.6. The molecule has 0 aliphatic rings. The Balaban J connectivity index is 3.16. The van der Waals surface area contributed by atoms with Gasteiger partial charge in [0.25, 0.3) is 0 Å². The number of hydrogen-bond acceptors (Lipinski definition) is 3. The minimum Gasteiger partial charge on any atom is -0.477 e. The molecule has 0 fully saturated rings. The van der Waals surface area contributed by atoms with E-state index in [1.54, 1.807) is 4.90 Å². The standard InChI is InChI=1S/C13H17NO2S/c1-13(2,3)7-6-9-8-10(14(4)5)11(17-9)12(15)16/h8H,1-5H3,(H,15,16). The maximum absolute atomic E-state index is 11.1. The van der Waals surface area contributed by atoms with Crippen LogP contribution in [0.25, 0.3) is 0 Å². The molecule has 4 heteroatoms. The minimum atomic E-state index is -0.900. The highest BCUT2D eigenvalue weighted by molar-refractivity contribution is 7.15. The van der Waals surface area contributed by atoms with Crippen LogP contribution in [0.3, 0.4) is 0 Å². The Bertz CT molecular complexity index is 484. The molecule has 0 radical (unpaired) electrons. The maximum Gasteiger partial charge on any atom is 0.348 e. The van der Waals surface area contributed by atoms with Gasteiger partial charge in [0.15, 0.2) is 0 Å². The van der Waals surface area contributed by atoms with Crippen molar-refractivity contribution in [1.82, 2.24) is 0 Å². The van der Waals surface area contributed by atoms with Crippen LogP contribution in [0.4, 0.5) is 5.69 Å². The molecule has 1 aromatic heterocycles. The van der Waals surface area contributed by atoms with Crippen LogP contribution >= 0.6 is 11.3 Å². The Hall–Kier alpha value is -1.47. The van der Waals surface area contributed by atoms with Gasteiger partial charge in [-0.3, -0.25) is 0 Å². The second-order valence-corrected chi connectivity index (χ2v) is 6.08. The Morgan fingerprint density at radius 3 is 2.35 bits per heavy atom. The number of carboxylic acid groups (broad SMARTS) is 1. The summed E-state index contributed by atoms with van der Waals surface area (Å²) in [5.74, 6) is 5.24. The normalized spacial score (nSPS) is 10.6. The molecule has 0 aliphatic heterocycles. The van der Waals surface area contributed by atoms with Gasteiger partial charge in [-0.2, -0.15) is 0 Å². The lowest BCUT2D eigenvalue weighted by molar-refractivity contribution is 0.0703. The van der Waals surface area contributed by atoms with Crippen molar-refractivity contribution in [1.29, 1.82) is 0 Å². The van der Waals surface area contributed by atoms with Gasteiger partial charge in [-0.1, -0.05) is 11.8 Å². The summed E-state index contributed by atoms with van der Waals surface area (Å²) in [6.45, 7) is 6.08. The fourth-order valence-corrected chi connectivity index (χ4v) is 2.10. The van der Waals surface area contributed by atoms with E-state index in [4.69, 9.17) is 5.11 Å². The molecule has 0 atom stereocenters. The average molecular weight is 251 g/mol. The number of rotatable bonds is 2. The van der Waals surface area contributed by atoms with Gasteiger partial charge in [0.2, 0.25) is 0 Å². The Morgan fingerprint density at radius 2 is 2.00 bits per heavy atom. The molecule has 0 saturated carbocycles. The average Bonchev–Trinajstić information content (AvgIpc) is 2.57. The van der Waals surface area contributed by atoms with Crippen LogP contribution in [0, 0.1) is 17.3 Å². The van der Waals surface area contributed by atoms with Crippen LogP contribution in [0.1, 0.15) is 35.3 Å². The predicted octanol–water partition coefficient (Wildman–Crippen LogP) is 2.91. The van der Waals surface area contributed by atoms with Crippen molar-refractivity contribution in [3.8, 4) is 11.8 Å². The quantitative estimate of drug-likeness (QED) is 0.822. The lowest BCUT2D eigenvalue weighted by Crippen LogP contribution is -2.11. The number of aromatic carboxylic acids is 1. The van der Waals surface area contributed by atoms with Crippen LogP contribution in [0.15, 0.2) is 6.07 Å². The SMILES string of the molecule is CN(C)c1cc(C#CC(C)(C)C)sc1C(=O)O. The molecule has 0 bridgehead atoms. The van der Waals surface area contributed by atoms with E-state index in [9.17, 15) is 4.79 Å². The third kappa shape index (κ3) is 3.79. The molecule has 1 heterocycles. The van der Waals surface area contributed by atoms with E-state index in [1.165, 1.54) is 11.3 Å². The van der Waals surface area contributed by atoms with Gasteiger partial charge in [0.1, 0.15) is 4.88 Å². The predicted molar refractivity (Wildman–Crippen MR) is 71.9 cm³/mol. The highest BCUT2D eigenvalue weighted by atomic mass is 32.1. The number of nitrogens with zero attached hydrogens (tertiary/aromatic N) is 1. The van der Waals surface area contributed by atoms with Gasteiger partial charge in [-0.05, 0) is 26.8 Å². The van der Waals surface area contributed by atoms with E-state index < -0.39 is 5.97 Å². The van der Waals surface area contributed by atoms with Crippen molar-refractivity contribution in [2.24, 2.45) is 5.41 Å². The summed E-state index contributed by atoms with van der Waals surface area (Å²) in [5.41, 5.74) is 0.631. The third-order valence-corrected chi connectivity index (χ3v) is 2.98. The van der Waals surface area contributed by atoms with Crippen molar-refractivity contribution < 1.29 is 9.90 Å². The number of anilines is 1. The van der Waals surface area contributed by atoms with Gasteiger partial charge >= 0.3 is 5.97 Å². The maximum atomic E-state index is 11.1. The van der Waals surface area contributed by atoms with Crippen LogP contribution in [-0.2, 0) is 0 Å². The topological polar surface area (TPSA) is 40.5 Å². The van der Waals surface area contributed by atoms with E-state index in [0.717, 1.165) is 4.88 Å². The van der Waals surface area contributed by atoms with Gasteiger partial charge in [-0.25, -0.2) is 4.79 Å². The molecule has 17 heavy (non-hydrogen) atoms. The fraction of sp³-hybridized carbons (Fsp3) is 0.462. The van der Waals surface area contributed by atoms with Crippen molar-refractivity contribution in [2.45, 2.75) is 20.8 Å². The lowest BCUT2D eigenvalue weighted by atomic mass is 9.98. The van der Waals surface area contributed by atoms with E-state index in [1.807, 2.05) is 40.9 Å². The zero-order valence-corrected chi connectivity index (χ0v) is 11.6. The molecule has 0 unspecified atom stereocenters. The molecular formula is C13H17NO2S. The largest absolute Gasteiger partial charge is 0.477 e. The van der Waals surface area contributed by atoms with Crippen molar-refractivity contribution >= 4 is 23.0 Å². The summed E-state index contributed by atoms with van der Waals surface area (Å²) >= 11 is 1.22. The van der Waals surface area contributed by atoms with Crippen LogP contribution in [0.5, 0.6) is 0 Å². The smallest absolute Gasteiger partial charge is 0.348 e. The highest BCUT2D eigenvalue weighted by Gasteiger charge is 2.16. The first-order valence-electron chi connectivity index (χ1n) is 5.28. The molecule has 1 rings (SSSR count). The number of carboxylic acids is 1. The van der Waals surface area contributed by atoms with Crippen molar-refractivity contribution in [3.05, 3.63) is 15.8 Å². The zero-order chi connectivity index (χ0) is 13.2. The molecular weight excluding hydrogens is 234 g/mol. The first-order valence-corrected chi connectivity index (χ1v) is 6.10. The van der Waals surface area contributed by atoms with E-state index in [-0.39, 0.29) is 5.41 Å². The van der Waals surface area contributed by atoms with Gasteiger partial charge < -0.3 is 10.0 Å². The lowest BCUT2D eigenvalue weighted by Gasteiger charge is -2.10. The molecule has 92 valence electrons.